The van der Waals surface area contributed by atoms with Gasteiger partial charge in [-0.1, -0.05) is 0 Å². The van der Waals surface area contributed by atoms with Crippen molar-refractivity contribution in [3.8, 4) is 0 Å². The van der Waals surface area contributed by atoms with Crippen molar-refractivity contribution in [3.63, 3.8) is 0 Å². The third-order valence-electron chi connectivity index (χ3n) is 2.76. The third-order valence-corrected chi connectivity index (χ3v) is 2.76. The fourth-order valence-corrected chi connectivity index (χ4v) is 1.71. The number of nitrogens with one attached hydrogen (secondary N) is 1. The van der Waals surface area contributed by atoms with Gasteiger partial charge in [0.15, 0.2) is 5.69 Å². The highest BCUT2D eigenvalue weighted by molar-refractivity contribution is 5.95. The van der Waals surface area contributed by atoms with Crippen molar-refractivity contribution >= 4 is 11.9 Å². The highest BCUT2D eigenvalue weighted by Crippen LogP contribution is 2.03. The number of carbonyl (C=O) groups excluding carboxylic acids is 1. The number of carboxylic acids is 1. The molecule has 0 saturated carbocycles. The van der Waals surface area contributed by atoms with Crippen LogP contribution >= 0.6 is 0 Å². The van der Waals surface area contributed by atoms with Crippen molar-refractivity contribution < 1.29 is 14.7 Å². The number of aromatic carboxylic acids is 1. The summed E-state index contributed by atoms with van der Waals surface area (Å²) < 4.78 is 1.61. The molecule has 1 amide bonds. The molecule has 0 aromatic carbocycles. The van der Waals surface area contributed by atoms with Gasteiger partial charge in [-0.2, -0.15) is 0 Å². The Bertz CT molecular complexity index is 636. The number of hydrogen-bond acceptors (Lipinski definition) is 4. The number of imidazole rings is 1. The van der Waals surface area contributed by atoms with E-state index >= 15 is 0 Å². The SMILES string of the molecule is Cc1ncccc1C(=O)NCCn1cnc(C(=O)O)c1. The van der Waals surface area contributed by atoms with Gasteiger partial charge in [0, 0.05) is 31.2 Å². The summed E-state index contributed by atoms with van der Waals surface area (Å²) in [6, 6.07) is 3.41. The molecule has 2 rings (SSSR count). The summed E-state index contributed by atoms with van der Waals surface area (Å²) in [6.07, 6.45) is 4.47. The number of nitrogens with zero attached hydrogens (tertiary/aromatic N) is 3. The van der Waals surface area contributed by atoms with Crippen molar-refractivity contribution in [2.24, 2.45) is 0 Å². The van der Waals surface area contributed by atoms with E-state index in [1.54, 1.807) is 29.8 Å². The minimum absolute atomic E-state index is 0.0144. The van der Waals surface area contributed by atoms with Crippen LogP contribution in [-0.2, 0) is 6.54 Å². The van der Waals surface area contributed by atoms with E-state index in [1.807, 2.05) is 0 Å². The maximum Gasteiger partial charge on any atom is 0.356 e. The zero-order chi connectivity index (χ0) is 14.5. The van der Waals surface area contributed by atoms with E-state index in [0.29, 0.717) is 24.3 Å². The van der Waals surface area contributed by atoms with Crippen molar-refractivity contribution in [2.45, 2.75) is 13.5 Å². The summed E-state index contributed by atoms with van der Waals surface area (Å²) in [5, 5.41) is 11.5. The number of aromatic nitrogens is 3. The Hall–Kier alpha value is -2.70. The van der Waals surface area contributed by atoms with Crippen molar-refractivity contribution in [2.75, 3.05) is 6.54 Å². The summed E-state index contributed by atoms with van der Waals surface area (Å²) >= 11 is 0. The van der Waals surface area contributed by atoms with Gasteiger partial charge < -0.3 is 15.0 Å². The van der Waals surface area contributed by atoms with Crippen molar-refractivity contribution in [3.05, 3.63) is 47.8 Å². The molecule has 0 saturated heterocycles. The number of aryl methyl sites for hydroxylation is 1. The van der Waals surface area contributed by atoms with Crippen LogP contribution in [0.5, 0.6) is 0 Å². The average Bonchev–Trinajstić information content (AvgIpc) is 2.88. The number of rotatable bonds is 5. The number of carbonyl (C=O) groups is 2. The van der Waals surface area contributed by atoms with Crippen molar-refractivity contribution in [1.82, 2.24) is 19.9 Å². The van der Waals surface area contributed by atoms with Gasteiger partial charge >= 0.3 is 5.97 Å². The Morgan fingerprint density at radius 1 is 1.40 bits per heavy atom. The highest BCUT2D eigenvalue weighted by atomic mass is 16.4. The molecular weight excluding hydrogens is 260 g/mol. The van der Waals surface area contributed by atoms with Crippen LogP contribution in [0.4, 0.5) is 0 Å². The Balaban J connectivity index is 1.88. The maximum atomic E-state index is 11.9. The summed E-state index contributed by atoms with van der Waals surface area (Å²) in [4.78, 5) is 30.3. The lowest BCUT2D eigenvalue weighted by Crippen LogP contribution is -2.27. The lowest BCUT2D eigenvalue weighted by molar-refractivity contribution is 0.0690. The van der Waals surface area contributed by atoms with Crippen LogP contribution in [0.3, 0.4) is 0 Å². The Morgan fingerprint density at radius 2 is 2.20 bits per heavy atom. The van der Waals surface area contributed by atoms with Gasteiger partial charge in [-0.15, -0.1) is 0 Å². The second kappa shape index (κ2) is 5.96. The first kappa shape index (κ1) is 13.7. The van der Waals surface area contributed by atoms with E-state index in [9.17, 15) is 9.59 Å². The molecule has 7 nitrogen and oxygen atoms in total. The molecule has 0 aliphatic heterocycles. The van der Waals surface area contributed by atoms with E-state index in [0.717, 1.165) is 0 Å². The van der Waals surface area contributed by atoms with Crippen molar-refractivity contribution in [1.29, 1.82) is 0 Å². The summed E-state index contributed by atoms with van der Waals surface area (Å²) in [6.45, 7) is 2.60. The lowest BCUT2D eigenvalue weighted by atomic mass is 10.2. The largest absolute Gasteiger partial charge is 0.476 e. The monoisotopic (exact) mass is 274 g/mol. The molecule has 20 heavy (non-hydrogen) atoms. The maximum absolute atomic E-state index is 11.9. The fraction of sp³-hybridized carbons (Fsp3) is 0.231. The van der Waals surface area contributed by atoms with E-state index in [4.69, 9.17) is 5.11 Å². The quantitative estimate of drug-likeness (QED) is 0.837. The zero-order valence-corrected chi connectivity index (χ0v) is 10.9. The predicted octanol–water partition coefficient (Wildman–Crippen LogP) is 0.715. The fourth-order valence-electron chi connectivity index (χ4n) is 1.71. The molecule has 0 unspecified atom stereocenters. The van der Waals surface area contributed by atoms with E-state index in [1.165, 1.54) is 12.5 Å². The molecule has 0 atom stereocenters. The normalized spacial score (nSPS) is 10.2. The van der Waals surface area contributed by atoms with Gasteiger partial charge in [-0.3, -0.25) is 9.78 Å². The zero-order valence-electron chi connectivity index (χ0n) is 10.9. The first-order valence-corrected chi connectivity index (χ1v) is 6.03. The Kier molecular flexibility index (Phi) is 4.09. The van der Waals surface area contributed by atoms with Crippen LogP contribution in [0.25, 0.3) is 0 Å². The molecule has 0 bridgehead atoms. The standard InChI is InChI=1S/C13H14N4O3/c1-9-10(3-2-4-14-9)12(18)15-5-6-17-7-11(13(19)20)16-8-17/h2-4,7-8H,5-6H2,1H3,(H,15,18)(H,19,20). The van der Waals surface area contributed by atoms with Gasteiger partial charge in [0.1, 0.15) is 0 Å². The second-order valence-electron chi connectivity index (χ2n) is 4.19. The van der Waals surface area contributed by atoms with Crippen LogP contribution in [0.2, 0.25) is 0 Å². The van der Waals surface area contributed by atoms with Gasteiger partial charge in [0.25, 0.3) is 5.91 Å². The van der Waals surface area contributed by atoms with Gasteiger partial charge in [0.05, 0.1) is 11.9 Å². The van der Waals surface area contributed by atoms with Gasteiger partial charge in [-0.25, -0.2) is 9.78 Å². The minimum Gasteiger partial charge on any atom is -0.476 e. The van der Waals surface area contributed by atoms with Gasteiger partial charge in [0.2, 0.25) is 0 Å². The predicted molar refractivity (Wildman–Crippen MR) is 70.5 cm³/mol. The molecule has 2 aromatic heterocycles. The molecule has 0 radical (unpaired) electrons. The van der Waals surface area contributed by atoms with Crippen LogP contribution in [0, 0.1) is 6.92 Å². The summed E-state index contributed by atoms with van der Waals surface area (Å²) in [7, 11) is 0. The number of carboxylic acid groups (broad SMARTS) is 1. The summed E-state index contributed by atoms with van der Waals surface area (Å²) in [5.41, 5.74) is 1.18. The summed E-state index contributed by atoms with van der Waals surface area (Å²) in [5.74, 6) is -1.27. The molecule has 2 heterocycles. The smallest absolute Gasteiger partial charge is 0.356 e. The number of amides is 1. The van der Waals surface area contributed by atoms with E-state index < -0.39 is 5.97 Å². The van der Waals surface area contributed by atoms with Gasteiger partial charge in [-0.05, 0) is 19.1 Å². The van der Waals surface area contributed by atoms with Crippen LogP contribution in [-0.4, -0.2) is 38.1 Å². The van der Waals surface area contributed by atoms with Crippen LogP contribution < -0.4 is 5.32 Å². The topological polar surface area (TPSA) is 97.1 Å². The molecule has 0 aliphatic carbocycles. The molecule has 2 N–H and O–H groups in total. The Morgan fingerprint density at radius 3 is 2.85 bits per heavy atom. The lowest BCUT2D eigenvalue weighted by Gasteiger charge is -2.07. The average molecular weight is 274 g/mol. The first-order valence-electron chi connectivity index (χ1n) is 6.03. The third kappa shape index (κ3) is 3.19. The highest BCUT2D eigenvalue weighted by Gasteiger charge is 2.09. The van der Waals surface area contributed by atoms with E-state index in [2.05, 4.69) is 15.3 Å². The molecule has 104 valence electrons. The van der Waals surface area contributed by atoms with E-state index in [-0.39, 0.29) is 11.6 Å². The number of hydrogen-bond donors (Lipinski definition) is 2. The van der Waals surface area contributed by atoms with Crippen LogP contribution in [0.15, 0.2) is 30.9 Å². The Labute approximate surface area is 115 Å². The molecular formula is C13H14N4O3. The molecule has 2 aromatic rings. The molecule has 7 heteroatoms. The second-order valence-corrected chi connectivity index (χ2v) is 4.19. The minimum atomic E-state index is -1.07. The van der Waals surface area contributed by atoms with Crippen LogP contribution in [0.1, 0.15) is 26.5 Å². The number of pyridine rings is 1. The molecule has 0 spiro atoms. The first-order chi connectivity index (χ1) is 9.58. The molecule has 0 aliphatic rings. The molecule has 0 fully saturated rings.